The molecular weight excluding hydrogens is 247 g/mol. The molecule has 1 aromatic carbocycles. The third kappa shape index (κ3) is 4.71. The van der Waals surface area contributed by atoms with E-state index in [0.29, 0.717) is 29.5 Å². The Balaban J connectivity index is 2.48. The minimum atomic E-state index is -0.397. The molecule has 0 saturated heterocycles. The van der Waals surface area contributed by atoms with Gasteiger partial charge in [-0.2, -0.15) is 0 Å². The predicted molar refractivity (Wildman–Crippen MR) is 67.3 cm³/mol. The Morgan fingerprint density at radius 3 is 2.81 bits per heavy atom. The molecule has 1 rings (SSSR count). The average molecular weight is 263 g/mol. The van der Waals surface area contributed by atoms with Crippen molar-refractivity contribution in [2.75, 3.05) is 13.7 Å². The monoisotopic (exact) mass is 262 g/mol. The van der Waals surface area contributed by atoms with E-state index < -0.39 is 6.10 Å². The Labute approximate surface area is 106 Å². The third-order valence-electron chi connectivity index (χ3n) is 2.35. The summed E-state index contributed by atoms with van der Waals surface area (Å²) in [4.78, 5) is 0. The van der Waals surface area contributed by atoms with Crippen molar-refractivity contribution in [3.63, 3.8) is 0 Å². The van der Waals surface area contributed by atoms with Crippen molar-refractivity contribution >= 4 is 23.2 Å². The zero-order valence-corrected chi connectivity index (χ0v) is 10.8. The second-order valence-electron chi connectivity index (χ2n) is 3.73. The van der Waals surface area contributed by atoms with Crippen molar-refractivity contribution in [1.82, 2.24) is 0 Å². The van der Waals surface area contributed by atoms with Gasteiger partial charge in [-0.3, -0.25) is 0 Å². The Morgan fingerprint density at radius 2 is 2.12 bits per heavy atom. The molecule has 0 saturated carbocycles. The molecule has 4 heteroatoms. The van der Waals surface area contributed by atoms with Crippen molar-refractivity contribution in [3.05, 3.63) is 33.8 Å². The molecule has 1 unspecified atom stereocenters. The molecule has 0 heterocycles. The summed E-state index contributed by atoms with van der Waals surface area (Å²) in [5.41, 5.74) is 0.888. The Kier molecular flexibility index (Phi) is 6.14. The van der Waals surface area contributed by atoms with Crippen molar-refractivity contribution in [1.29, 1.82) is 0 Å². The number of aliphatic hydroxyl groups is 1. The van der Waals surface area contributed by atoms with E-state index in [0.717, 1.165) is 12.0 Å². The van der Waals surface area contributed by atoms with Gasteiger partial charge in [-0.05, 0) is 43.0 Å². The highest BCUT2D eigenvalue weighted by atomic mass is 35.5. The second-order valence-corrected chi connectivity index (χ2v) is 4.57. The first-order chi connectivity index (χ1) is 7.63. The van der Waals surface area contributed by atoms with Crippen LogP contribution in [0.2, 0.25) is 10.0 Å². The maximum Gasteiger partial charge on any atom is 0.0582 e. The van der Waals surface area contributed by atoms with Gasteiger partial charge in [0.2, 0.25) is 0 Å². The highest BCUT2D eigenvalue weighted by Crippen LogP contribution is 2.22. The smallest absolute Gasteiger partial charge is 0.0582 e. The lowest BCUT2D eigenvalue weighted by molar-refractivity contribution is 0.135. The first kappa shape index (κ1) is 13.8. The molecule has 0 aliphatic heterocycles. The lowest BCUT2D eigenvalue weighted by Crippen LogP contribution is -2.11. The molecule has 0 spiro atoms. The van der Waals surface area contributed by atoms with Crippen molar-refractivity contribution in [2.24, 2.45) is 0 Å². The van der Waals surface area contributed by atoms with E-state index in [1.54, 1.807) is 25.3 Å². The largest absolute Gasteiger partial charge is 0.393 e. The van der Waals surface area contributed by atoms with Crippen LogP contribution in [0.15, 0.2) is 18.2 Å². The molecule has 0 aliphatic rings. The zero-order valence-electron chi connectivity index (χ0n) is 9.25. The van der Waals surface area contributed by atoms with Gasteiger partial charge >= 0.3 is 0 Å². The van der Waals surface area contributed by atoms with E-state index in [1.807, 2.05) is 0 Å². The molecule has 16 heavy (non-hydrogen) atoms. The molecule has 90 valence electrons. The lowest BCUT2D eigenvalue weighted by atomic mass is 10.0. The van der Waals surface area contributed by atoms with Crippen LogP contribution in [0.4, 0.5) is 0 Å². The fraction of sp³-hybridized carbons (Fsp3) is 0.500. The summed E-state index contributed by atoms with van der Waals surface area (Å²) in [5, 5.41) is 11.1. The van der Waals surface area contributed by atoms with E-state index in [1.165, 1.54) is 0 Å². The van der Waals surface area contributed by atoms with Gasteiger partial charge in [0.1, 0.15) is 0 Å². The summed E-state index contributed by atoms with van der Waals surface area (Å²) >= 11 is 11.9. The Hall–Kier alpha value is -0.280. The Morgan fingerprint density at radius 1 is 1.38 bits per heavy atom. The standard InChI is InChI=1S/C12H16Cl2O2/c1-16-6-2-3-11(15)8-9-7-10(13)4-5-12(9)14/h4-5,7,11,15H,2-3,6,8H2,1H3. The summed E-state index contributed by atoms with van der Waals surface area (Å²) in [6.45, 7) is 0.667. The van der Waals surface area contributed by atoms with Crippen LogP contribution in [0.1, 0.15) is 18.4 Å². The zero-order chi connectivity index (χ0) is 12.0. The first-order valence-electron chi connectivity index (χ1n) is 5.24. The first-order valence-corrected chi connectivity index (χ1v) is 6.00. The van der Waals surface area contributed by atoms with Gasteiger partial charge in [-0.25, -0.2) is 0 Å². The molecule has 0 aliphatic carbocycles. The molecule has 2 nitrogen and oxygen atoms in total. The van der Waals surface area contributed by atoms with Gasteiger partial charge in [0.25, 0.3) is 0 Å². The third-order valence-corrected chi connectivity index (χ3v) is 2.95. The number of hydrogen-bond acceptors (Lipinski definition) is 2. The van der Waals surface area contributed by atoms with E-state index in [9.17, 15) is 5.11 Å². The molecular formula is C12H16Cl2O2. The van der Waals surface area contributed by atoms with E-state index in [2.05, 4.69) is 0 Å². The number of aliphatic hydroxyl groups excluding tert-OH is 1. The predicted octanol–water partition coefficient (Wildman–Crippen LogP) is 3.32. The van der Waals surface area contributed by atoms with Gasteiger partial charge < -0.3 is 9.84 Å². The molecule has 0 bridgehead atoms. The topological polar surface area (TPSA) is 29.5 Å². The molecule has 0 radical (unpaired) electrons. The SMILES string of the molecule is COCCCC(O)Cc1cc(Cl)ccc1Cl. The molecule has 0 fully saturated rings. The van der Waals surface area contributed by atoms with Crippen LogP contribution in [0.25, 0.3) is 0 Å². The van der Waals surface area contributed by atoms with Crippen LogP contribution >= 0.6 is 23.2 Å². The van der Waals surface area contributed by atoms with Gasteiger partial charge in [0.05, 0.1) is 6.10 Å². The van der Waals surface area contributed by atoms with Crippen molar-refractivity contribution < 1.29 is 9.84 Å². The van der Waals surface area contributed by atoms with Gasteiger partial charge in [0, 0.05) is 23.8 Å². The number of halogens is 2. The van der Waals surface area contributed by atoms with Gasteiger partial charge in [-0.1, -0.05) is 23.2 Å². The van der Waals surface area contributed by atoms with Crippen molar-refractivity contribution in [3.8, 4) is 0 Å². The van der Waals surface area contributed by atoms with Gasteiger partial charge in [0.15, 0.2) is 0 Å². The lowest BCUT2D eigenvalue weighted by Gasteiger charge is -2.11. The van der Waals surface area contributed by atoms with Crippen LogP contribution in [-0.4, -0.2) is 24.9 Å². The normalized spacial score (nSPS) is 12.8. The Bertz CT molecular complexity index is 329. The van der Waals surface area contributed by atoms with Crippen LogP contribution in [0.5, 0.6) is 0 Å². The second kappa shape index (κ2) is 7.13. The van der Waals surface area contributed by atoms with Crippen molar-refractivity contribution in [2.45, 2.75) is 25.4 Å². The summed E-state index contributed by atoms with van der Waals surface area (Å²) in [6, 6.07) is 5.29. The maximum atomic E-state index is 9.79. The van der Waals surface area contributed by atoms with Crippen LogP contribution in [0, 0.1) is 0 Å². The summed E-state index contributed by atoms with van der Waals surface area (Å²) < 4.78 is 4.93. The van der Waals surface area contributed by atoms with Crippen LogP contribution in [-0.2, 0) is 11.2 Å². The summed E-state index contributed by atoms with van der Waals surface area (Å²) in [5.74, 6) is 0. The van der Waals surface area contributed by atoms with Crippen LogP contribution in [0.3, 0.4) is 0 Å². The van der Waals surface area contributed by atoms with Gasteiger partial charge in [-0.15, -0.1) is 0 Å². The minimum Gasteiger partial charge on any atom is -0.393 e. The molecule has 0 aromatic heterocycles. The van der Waals surface area contributed by atoms with E-state index >= 15 is 0 Å². The minimum absolute atomic E-state index is 0.397. The van der Waals surface area contributed by atoms with E-state index in [-0.39, 0.29) is 0 Å². The molecule has 0 amide bonds. The summed E-state index contributed by atoms with van der Waals surface area (Å²) in [7, 11) is 1.65. The number of methoxy groups -OCH3 is 1. The molecule has 1 N–H and O–H groups in total. The highest BCUT2D eigenvalue weighted by Gasteiger charge is 2.08. The molecule has 1 atom stereocenters. The fourth-order valence-corrected chi connectivity index (χ4v) is 1.91. The number of hydrogen-bond donors (Lipinski definition) is 1. The molecule has 1 aromatic rings. The average Bonchev–Trinajstić information content (AvgIpc) is 2.24. The van der Waals surface area contributed by atoms with E-state index in [4.69, 9.17) is 27.9 Å². The number of benzene rings is 1. The number of ether oxygens (including phenoxy) is 1. The highest BCUT2D eigenvalue weighted by molar-refractivity contribution is 6.33. The quantitative estimate of drug-likeness (QED) is 0.798. The van der Waals surface area contributed by atoms with Crippen LogP contribution < -0.4 is 0 Å². The summed E-state index contributed by atoms with van der Waals surface area (Å²) in [6.07, 6.45) is 1.68. The number of rotatable bonds is 6. The fourth-order valence-electron chi connectivity index (χ4n) is 1.52. The maximum absolute atomic E-state index is 9.79.